The molecular weight excluding hydrogens is 320 g/mol. The lowest BCUT2D eigenvalue weighted by molar-refractivity contribution is -0.119. The van der Waals surface area contributed by atoms with Gasteiger partial charge in [0.25, 0.3) is 5.91 Å². The summed E-state index contributed by atoms with van der Waals surface area (Å²) >= 11 is 5.49. The third kappa shape index (κ3) is 4.51. The molecule has 7 heteroatoms. The molecular formula is C16H21ClN2O4. The Hall–Kier alpha value is -1.95. The SMILES string of the molecule is COc1cc(OC)cc(C(=O)N2CCC(NC(=O)CCl)CC2)c1. The van der Waals surface area contributed by atoms with E-state index in [4.69, 9.17) is 21.1 Å². The molecule has 0 spiro atoms. The summed E-state index contributed by atoms with van der Waals surface area (Å²) in [6, 6.07) is 5.20. The molecule has 1 N–H and O–H groups in total. The van der Waals surface area contributed by atoms with Crippen LogP contribution < -0.4 is 14.8 Å². The van der Waals surface area contributed by atoms with Crippen molar-refractivity contribution in [3.8, 4) is 11.5 Å². The first-order chi connectivity index (χ1) is 11.1. The van der Waals surface area contributed by atoms with Crippen LogP contribution in [0.25, 0.3) is 0 Å². The standard InChI is InChI=1S/C16H21ClN2O4/c1-22-13-7-11(8-14(9-13)23-2)16(21)19-5-3-12(4-6-19)18-15(20)10-17/h7-9,12H,3-6,10H2,1-2H3,(H,18,20). The summed E-state index contributed by atoms with van der Waals surface area (Å²) in [6.45, 7) is 1.18. The van der Waals surface area contributed by atoms with Crippen molar-refractivity contribution in [3.05, 3.63) is 23.8 Å². The number of hydrogen-bond acceptors (Lipinski definition) is 4. The Kier molecular flexibility index (Phi) is 6.10. The number of halogens is 1. The van der Waals surface area contributed by atoms with Gasteiger partial charge in [-0.2, -0.15) is 0 Å². The van der Waals surface area contributed by atoms with Gasteiger partial charge >= 0.3 is 0 Å². The van der Waals surface area contributed by atoms with E-state index >= 15 is 0 Å². The van der Waals surface area contributed by atoms with Gasteiger partial charge in [-0.05, 0) is 25.0 Å². The number of alkyl halides is 1. The van der Waals surface area contributed by atoms with E-state index in [1.807, 2.05) is 0 Å². The molecule has 1 aliphatic rings. The predicted molar refractivity (Wildman–Crippen MR) is 87.3 cm³/mol. The van der Waals surface area contributed by atoms with Gasteiger partial charge in [0.1, 0.15) is 17.4 Å². The number of rotatable bonds is 5. The normalized spacial score (nSPS) is 15.2. The van der Waals surface area contributed by atoms with Crippen LogP contribution in [0.2, 0.25) is 0 Å². The molecule has 1 saturated heterocycles. The van der Waals surface area contributed by atoms with Gasteiger partial charge in [0.15, 0.2) is 0 Å². The first-order valence-corrected chi connectivity index (χ1v) is 7.98. The lowest BCUT2D eigenvalue weighted by atomic mass is 10.0. The number of nitrogens with one attached hydrogen (secondary N) is 1. The predicted octanol–water partition coefficient (Wildman–Crippen LogP) is 1.66. The van der Waals surface area contributed by atoms with Crippen LogP contribution in [0.5, 0.6) is 11.5 Å². The Morgan fingerprint density at radius 1 is 1.17 bits per heavy atom. The number of nitrogens with zero attached hydrogens (tertiary/aromatic N) is 1. The number of ether oxygens (including phenoxy) is 2. The highest BCUT2D eigenvalue weighted by atomic mass is 35.5. The van der Waals surface area contributed by atoms with Gasteiger partial charge in [0, 0.05) is 30.8 Å². The van der Waals surface area contributed by atoms with Crippen LogP contribution in [0, 0.1) is 0 Å². The summed E-state index contributed by atoms with van der Waals surface area (Å²) in [5, 5.41) is 2.86. The second-order valence-corrected chi connectivity index (χ2v) is 5.64. The van der Waals surface area contributed by atoms with Crippen LogP contribution >= 0.6 is 11.6 Å². The number of amides is 2. The van der Waals surface area contributed by atoms with Gasteiger partial charge in [-0.3, -0.25) is 9.59 Å². The zero-order valence-electron chi connectivity index (χ0n) is 13.3. The number of carbonyl (C=O) groups excluding carboxylic acids is 2. The molecule has 2 rings (SSSR count). The van der Waals surface area contributed by atoms with Gasteiger partial charge in [0.05, 0.1) is 14.2 Å². The van der Waals surface area contributed by atoms with Gasteiger partial charge in [0.2, 0.25) is 5.91 Å². The molecule has 0 aromatic heterocycles. The average Bonchev–Trinajstić information content (AvgIpc) is 2.61. The fourth-order valence-corrected chi connectivity index (χ4v) is 2.68. The van der Waals surface area contributed by atoms with Crippen molar-refractivity contribution in [1.29, 1.82) is 0 Å². The van der Waals surface area contributed by atoms with Crippen molar-refractivity contribution in [1.82, 2.24) is 10.2 Å². The van der Waals surface area contributed by atoms with Crippen molar-refractivity contribution >= 4 is 23.4 Å². The first kappa shape index (κ1) is 17.4. The van der Waals surface area contributed by atoms with Gasteiger partial charge < -0.3 is 19.7 Å². The van der Waals surface area contributed by atoms with E-state index in [1.54, 1.807) is 37.3 Å². The minimum atomic E-state index is -0.172. The van der Waals surface area contributed by atoms with Crippen molar-refractivity contribution < 1.29 is 19.1 Å². The molecule has 126 valence electrons. The fourth-order valence-electron chi connectivity index (χ4n) is 2.61. The Bertz CT molecular complexity index is 549. The van der Waals surface area contributed by atoms with E-state index < -0.39 is 0 Å². The number of carbonyl (C=O) groups is 2. The number of hydrogen-bond donors (Lipinski definition) is 1. The molecule has 2 amide bonds. The number of methoxy groups -OCH3 is 2. The van der Waals surface area contributed by atoms with Crippen LogP contribution in [-0.4, -0.2) is 55.9 Å². The molecule has 1 fully saturated rings. The molecule has 0 aliphatic carbocycles. The summed E-state index contributed by atoms with van der Waals surface area (Å²) in [6.07, 6.45) is 1.44. The molecule has 23 heavy (non-hydrogen) atoms. The van der Waals surface area contributed by atoms with Crippen LogP contribution in [0.15, 0.2) is 18.2 Å². The van der Waals surface area contributed by atoms with Gasteiger partial charge in [-0.15, -0.1) is 11.6 Å². The molecule has 6 nitrogen and oxygen atoms in total. The van der Waals surface area contributed by atoms with E-state index in [9.17, 15) is 9.59 Å². The molecule has 1 heterocycles. The lowest BCUT2D eigenvalue weighted by Crippen LogP contribution is -2.46. The van der Waals surface area contributed by atoms with Gasteiger partial charge in [-0.25, -0.2) is 0 Å². The van der Waals surface area contributed by atoms with Gasteiger partial charge in [-0.1, -0.05) is 0 Å². The zero-order chi connectivity index (χ0) is 16.8. The minimum Gasteiger partial charge on any atom is -0.497 e. The molecule has 0 bridgehead atoms. The Morgan fingerprint density at radius 2 is 1.74 bits per heavy atom. The third-order valence-electron chi connectivity index (χ3n) is 3.87. The van der Waals surface area contributed by atoms with E-state index in [0.29, 0.717) is 30.2 Å². The van der Waals surface area contributed by atoms with E-state index in [2.05, 4.69) is 5.32 Å². The van der Waals surface area contributed by atoms with Crippen molar-refractivity contribution in [2.45, 2.75) is 18.9 Å². The van der Waals surface area contributed by atoms with Crippen molar-refractivity contribution in [2.75, 3.05) is 33.2 Å². The average molecular weight is 341 g/mol. The van der Waals surface area contributed by atoms with Crippen LogP contribution in [-0.2, 0) is 4.79 Å². The number of likely N-dealkylation sites (tertiary alicyclic amines) is 1. The molecule has 0 atom stereocenters. The minimum absolute atomic E-state index is 0.0389. The van der Waals surface area contributed by atoms with E-state index in [-0.39, 0.29) is 23.7 Å². The maximum Gasteiger partial charge on any atom is 0.254 e. The summed E-state index contributed by atoms with van der Waals surface area (Å²) in [5.41, 5.74) is 0.532. The quantitative estimate of drug-likeness (QED) is 0.828. The Labute approximate surface area is 140 Å². The summed E-state index contributed by atoms with van der Waals surface area (Å²) in [4.78, 5) is 25.7. The largest absolute Gasteiger partial charge is 0.497 e. The molecule has 0 radical (unpaired) electrons. The van der Waals surface area contributed by atoms with Crippen LogP contribution in [0.3, 0.4) is 0 Å². The summed E-state index contributed by atoms with van der Waals surface area (Å²) < 4.78 is 10.4. The number of benzene rings is 1. The summed E-state index contributed by atoms with van der Waals surface area (Å²) in [7, 11) is 3.10. The van der Waals surface area contributed by atoms with Crippen LogP contribution in [0.4, 0.5) is 0 Å². The monoisotopic (exact) mass is 340 g/mol. The van der Waals surface area contributed by atoms with E-state index in [0.717, 1.165) is 12.8 Å². The zero-order valence-corrected chi connectivity index (χ0v) is 14.1. The maximum atomic E-state index is 12.6. The topological polar surface area (TPSA) is 67.9 Å². The Morgan fingerprint density at radius 3 is 2.22 bits per heavy atom. The second-order valence-electron chi connectivity index (χ2n) is 5.37. The van der Waals surface area contributed by atoms with Crippen molar-refractivity contribution in [3.63, 3.8) is 0 Å². The van der Waals surface area contributed by atoms with E-state index in [1.165, 1.54) is 0 Å². The highest BCUT2D eigenvalue weighted by Gasteiger charge is 2.25. The Balaban J connectivity index is 2.01. The molecule has 1 aromatic carbocycles. The molecule has 1 aliphatic heterocycles. The first-order valence-electron chi connectivity index (χ1n) is 7.45. The lowest BCUT2D eigenvalue weighted by Gasteiger charge is -2.32. The van der Waals surface area contributed by atoms with Crippen LogP contribution in [0.1, 0.15) is 23.2 Å². The third-order valence-corrected chi connectivity index (χ3v) is 4.11. The highest BCUT2D eigenvalue weighted by molar-refractivity contribution is 6.27. The second kappa shape index (κ2) is 8.06. The highest BCUT2D eigenvalue weighted by Crippen LogP contribution is 2.24. The summed E-state index contributed by atoms with van der Waals surface area (Å²) in [5.74, 6) is 0.884. The van der Waals surface area contributed by atoms with Crippen molar-refractivity contribution in [2.24, 2.45) is 0 Å². The molecule has 0 unspecified atom stereocenters. The smallest absolute Gasteiger partial charge is 0.254 e. The maximum absolute atomic E-state index is 12.6. The molecule has 1 aromatic rings. The molecule has 0 saturated carbocycles. The number of piperidine rings is 1. The fraction of sp³-hybridized carbons (Fsp3) is 0.500.